The van der Waals surface area contributed by atoms with E-state index < -0.39 is 5.54 Å². The van der Waals surface area contributed by atoms with E-state index in [2.05, 4.69) is 15.5 Å². The zero-order valence-electron chi connectivity index (χ0n) is 15.4. The molecule has 1 saturated heterocycles. The Kier molecular flexibility index (Phi) is 4.99. The van der Waals surface area contributed by atoms with Crippen LogP contribution in [0.3, 0.4) is 0 Å². The SMILES string of the molecule is Cc1nc(C2(NC(=O)C3CCN(C(=O)c4cccs4)CC3)CCCC2)no1. The van der Waals surface area contributed by atoms with Gasteiger partial charge in [-0.15, -0.1) is 11.3 Å². The number of rotatable bonds is 4. The van der Waals surface area contributed by atoms with Crippen LogP contribution in [0.15, 0.2) is 22.0 Å². The van der Waals surface area contributed by atoms with Crippen LogP contribution in [0.1, 0.15) is 59.9 Å². The molecule has 2 aromatic rings. The molecule has 0 radical (unpaired) electrons. The minimum Gasteiger partial charge on any atom is -0.343 e. The summed E-state index contributed by atoms with van der Waals surface area (Å²) in [6, 6.07) is 3.74. The number of likely N-dealkylation sites (tertiary alicyclic amines) is 1. The van der Waals surface area contributed by atoms with E-state index in [-0.39, 0.29) is 17.7 Å². The van der Waals surface area contributed by atoms with Crippen molar-refractivity contribution in [2.45, 2.75) is 51.0 Å². The number of hydrogen-bond acceptors (Lipinski definition) is 6. The molecule has 0 spiro atoms. The molecule has 1 aliphatic heterocycles. The van der Waals surface area contributed by atoms with Gasteiger partial charge >= 0.3 is 0 Å². The van der Waals surface area contributed by atoms with Crippen LogP contribution in [0.4, 0.5) is 0 Å². The molecule has 27 heavy (non-hydrogen) atoms. The first-order valence-corrected chi connectivity index (χ1v) is 10.4. The highest BCUT2D eigenvalue weighted by Gasteiger charge is 2.42. The third-order valence-electron chi connectivity index (χ3n) is 5.66. The summed E-state index contributed by atoms with van der Waals surface area (Å²) in [5.41, 5.74) is -0.501. The monoisotopic (exact) mass is 388 g/mol. The van der Waals surface area contributed by atoms with Gasteiger partial charge in [-0.25, -0.2) is 0 Å². The first kappa shape index (κ1) is 18.2. The summed E-state index contributed by atoms with van der Waals surface area (Å²) in [5.74, 6) is 1.14. The molecule has 0 aromatic carbocycles. The van der Waals surface area contributed by atoms with E-state index in [0.29, 0.717) is 37.6 Å². The summed E-state index contributed by atoms with van der Waals surface area (Å²) < 4.78 is 5.15. The Morgan fingerprint density at radius 3 is 2.63 bits per heavy atom. The Balaban J connectivity index is 1.38. The average Bonchev–Trinajstić information content (AvgIpc) is 3.43. The molecule has 0 unspecified atom stereocenters. The molecule has 4 rings (SSSR count). The van der Waals surface area contributed by atoms with Crippen molar-refractivity contribution < 1.29 is 14.1 Å². The number of amides is 2. The number of piperidine rings is 1. The average molecular weight is 388 g/mol. The van der Waals surface area contributed by atoms with Crippen LogP contribution in [0, 0.1) is 12.8 Å². The second-order valence-corrected chi connectivity index (χ2v) is 8.41. The van der Waals surface area contributed by atoms with Crippen molar-refractivity contribution in [2.75, 3.05) is 13.1 Å². The Morgan fingerprint density at radius 1 is 1.30 bits per heavy atom. The lowest BCUT2D eigenvalue weighted by molar-refractivity contribution is -0.128. The van der Waals surface area contributed by atoms with E-state index in [1.165, 1.54) is 11.3 Å². The van der Waals surface area contributed by atoms with Gasteiger partial charge in [0, 0.05) is 25.9 Å². The Bertz CT molecular complexity index is 803. The van der Waals surface area contributed by atoms with Crippen molar-refractivity contribution in [3.63, 3.8) is 0 Å². The molecule has 1 N–H and O–H groups in total. The van der Waals surface area contributed by atoms with Crippen molar-refractivity contribution >= 4 is 23.2 Å². The number of aryl methyl sites for hydroxylation is 1. The van der Waals surface area contributed by atoms with Crippen molar-refractivity contribution in [3.05, 3.63) is 34.1 Å². The highest BCUT2D eigenvalue weighted by atomic mass is 32.1. The maximum absolute atomic E-state index is 12.9. The third-order valence-corrected chi connectivity index (χ3v) is 6.52. The molecule has 2 aliphatic rings. The summed E-state index contributed by atoms with van der Waals surface area (Å²) in [6.07, 6.45) is 5.14. The van der Waals surface area contributed by atoms with Gasteiger partial charge in [0.2, 0.25) is 11.8 Å². The van der Waals surface area contributed by atoms with Gasteiger partial charge in [-0.05, 0) is 37.1 Å². The molecule has 1 aliphatic carbocycles. The molecule has 0 atom stereocenters. The van der Waals surface area contributed by atoms with Gasteiger partial charge in [0.05, 0.1) is 4.88 Å². The Hall–Kier alpha value is -2.22. The van der Waals surface area contributed by atoms with Gasteiger partial charge in [-0.3, -0.25) is 9.59 Å². The van der Waals surface area contributed by atoms with Crippen LogP contribution in [0.2, 0.25) is 0 Å². The van der Waals surface area contributed by atoms with E-state index in [1.54, 1.807) is 6.92 Å². The zero-order chi connectivity index (χ0) is 18.9. The van der Waals surface area contributed by atoms with Crippen LogP contribution in [0.25, 0.3) is 0 Å². The van der Waals surface area contributed by atoms with Gasteiger partial charge in [0.25, 0.3) is 5.91 Å². The highest BCUT2D eigenvalue weighted by Crippen LogP contribution is 2.38. The number of nitrogens with zero attached hydrogens (tertiary/aromatic N) is 3. The molecule has 8 heteroatoms. The molecule has 0 bridgehead atoms. The molecule has 1 saturated carbocycles. The number of carbonyl (C=O) groups excluding carboxylic acids is 2. The fourth-order valence-electron chi connectivity index (χ4n) is 4.12. The number of nitrogens with one attached hydrogen (secondary N) is 1. The first-order chi connectivity index (χ1) is 13.1. The second kappa shape index (κ2) is 7.42. The fourth-order valence-corrected chi connectivity index (χ4v) is 4.81. The fraction of sp³-hybridized carbons (Fsp3) is 0.579. The van der Waals surface area contributed by atoms with Gasteiger partial charge < -0.3 is 14.7 Å². The minimum atomic E-state index is -0.501. The Morgan fingerprint density at radius 2 is 2.04 bits per heavy atom. The molecule has 2 amide bonds. The standard InChI is InChI=1S/C19H24N4O3S/c1-13-20-18(22-26-13)19(8-2-3-9-19)21-16(24)14-6-10-23(11-7-14)17(25)15-5-4-12-27-15/h4-5,12,14H,2-3,6-11H2,1H3,(H,21,24). The lowest BCUT2D eigenvalue weighted by Crippen LogP contribution is -2.49. The lowest BCUT2D eigenvalue weighted by Gasteiger charge is -2.34. The number of thiophene rings is 1. The van der Waals surface area contributed by atoms with Crippen LogP contribution in [-0.2, 0) is 10.3 Å². The molecule has 3 heterocycles. The quantitative estimate of drug-likeness (QED) is 0.870. The van der Waals surface area contributed by atoms with Crippen molar-refractivity contribution in [1.82, 2.24) is 20.4 Å². The largest absolute Gasteiger partial charge is 0.343 e. The van der Waals surface area contributed by atoms with Crippen LogP contribution < -0.4 is 5.32 Å². The van der Waals surface area contributed by atoms with Gasteiger partial charge in [-0.2, -0.15) is 4.98 Å². The van der Waals surface area contributed by atoms with Crippen molar-refractivity contribution in [2.24, 2.45) is 5.92 Å². The summed E-state index contributed by atoms with van der Waals surface area (Å²) >= 11 is 1.46. The summed E-state index contributed by atoms with van der Waals surface area (Å²) in [7, 11) is 0. The molecule has 2 aromatic heterocycles. The summed E-state index contributed by atoms with van der Waals surface area (Å²) in [4.78, 5) is 32.4. The van der Waals surface area contributed by atoms with Crippen molar-refractivity contribution in [3.8, 4) is 0 Å². The van der Waals surface area contributed by atoms with E-state index in [4.69, 9.17) is 4.52 Å². The van der Waals surface area contributed by atoms with Crippen molar-refractivity contribution in [1.29, 1.82) is 0 Å². The predicted octanol–water partition coefficient (Wildman–Crippen LogP) is 2.88. The Labute approximate surface area is 162 Å². The highest BCUT2D eigenvalue weighted by molar-refractivity contribution is 7.12. The van der Waals surface area contributed by atoms with E-state index >= 15 is 0 Å². The van der Waals surface area contributed by atoms with E-state index in [9.17, 15) is 9.59 Å². The van der Waals surface area contributed by atoms with Crippen LogP contribution in [-0.4, -0.2) is 39.9 Å². The molecular weight excluding hydrogens is 364 g/mol. The maximum atomic E-state index is 12.9. The molecule has 144 valence electrons. The summed E-state index contributed by atoms with van der Waals surface area (Å²) in [5, 5.41) is 9.23. The zero-order valence-corrected chi connectivity index (χ0v) is 16.3. The van der Waals surface area contributed by atoms with Crippen LogP contribution >= 0.6 is 11.3 Å². The molecular formula is C19H24N4O3S. The van der Waals surface area contributed by atoms with Gasteiger partial charge in [-0.1, -0.05) is 24.1 Å². The normalized spacial score (nSPS) is 20.0. The summed E-state index contributed by atoms with van der Waals surface area (Å²) in [6.45, 7) is 2.99. The number of hydrogen-bond donors (Lipinski definition) is 1. The third kappa shape index (κ3) is 3.63. The minimum absolute atomic E-state index is 0.0441. The number of aromatic nitrogens is 2. The maximum Gasteiger partial charge on any atom is 0.263 e. The van der Waals surface area contributed by atoms with E-state index in [1.807, 2.05) is 22.4 Å². The molecule has 7 nitrogen and oxygen atoms in total. The van der Waals surface area contributed by atoms with Crippen LogP contribution in [0.5, 0.6) is 0 Å². The topological polar surface area (TPSA) is 88.3 Å². The second-order valence-electron chi connectivity index (χ2n) is 7.46. The predicted molar refractivity (Wildman–Crippen MR) is 100 cm³/mol. The first-order valence-electron chi connectivity index (χ1n) is 9.53. The smallest absolute Gasteiger partial charge is 0.263 e. The number of carbonyl (C=O) groups is 2. The lowest BCUT2D eigenvalue weighted by atomic mass is 9.91. The van der Waals surface area contributed by atoms with Gasteiger partial charge in [0.1, 0.15) is 5.54 Å². The van der Waals surface area contributed by atoms with E-state index in [0.717, 1.165) is 30.6 Å². The molecule has 2 fully saturated rings. The van der Waals surface area contributed by atoms with Gasteiger partial charge in [0.15, 0.2) is 5.82 Å².